The lowest BCUT2D eigenvalue weighted by molar-refractivity contribution is -0.384. The summed E-state index contributed by atoms with van der Waals surface area (Å²) in [5.74, 6) is -0.819. The highest BCUT2D eigenvalue weighted by Crippen LogP contribution is 2.52. The van der Waals surface area contributed by atoms with Gasteiger partial charge in [-0.1, -0.05) is 12.1 Å². The Hall–Kier alpha value is -2.04. The second-order valence-corrected chi connectivity index (χ2v) is 7.01. The lowest BCUT2D eigenvalue weighted by Gasteiger charge is -2.27. The molecule has 3 heterocycles. The zero-order valence-electron chi connectivity index (χ0n) is 14.2. The molecule has 0 aliphatic carbocycles. The van der Waals surface area contributed by atoms with Crippen LogP contribution in [0.25, 0.3) is 6.08 Å². The maximum absolute atomic E-state index is 11.4. The monoisotopic (exact) mass is 365 g/mol. The number of nitro benzene ring substituents is 1. The predicted molar refractivity (Wildman–Crippen MR) is 86.7 cm³/mol. The molecule has 9 heteroatoms. The summed E-state index contributed by atoms with van der Waals surface area (Å²) in [6.07, 6.45) is -1.82. The standard InChI is InChI=1S/C17H19NO8/c1-16(2)25-14-15(26-16)24-13-11(8-19)23-12(17(13,14)20)7-9-4-3-5-10(6-9)18(21)22/h3-7,11,13-15,19-20H,8H2,1-2H3/b12-7-/t11-,13-,14+,15-,17-/m1/s1. The van der Waals surface area contributed by atoms with Crippen molar-refractivity contribution in [2.75, 3.05) is 6.61 Å². The highest BCUT2D eigenvalue weighted by Gasteiger charge is 2.70. The van der Waals surface area contributed by atoms with E-state index in [1.807, 2.05) is 0 Å². The summed E-state index contributed by atoms with van der Waals surface area (Å²) in [5, 5.41) is 31.9. The molecule has 26 heavy (non-hydrogen) atoms. The fourth-order valence-corrected chi connectivity index (χ4v) is 3.67. The number of rotatable bonds is 3. The number of non-ortho nitro benzene ring substituents is 1. The maximum Gasteiger partial charge on any atom is 0.270 e. The van der Waals surface area contributed by atoms with Crippen molar-refractivity contribution in [2.45, 2.75) is 49.8 Å². The Balaban J connectivity index is 1.74. The first-order valence-electron chi connectivity index (χ1n) is 8.22. The van der Waals surface area contributed by atoms with Crippen LogP contribution in [0.1, 0.15) is 19.4 Å². The summed E-state index contributed by atoms with van der Waals surface area (Å²) in [6.45, 7) is 3.04. The first kappa shape index (κ1) is 17.4. The molecular formula is C17H19NO8. The maximum atomic E-state index is 11.4. The van der Waals surface area contributed by atoms with Gasteiger partial charge < -0.3 is 29.2 Å². The van der Waals surface area contributed by atoms with Gasteiger partial charge in [0, 0.05) is 12.1 Å². The summed E-state index contributed by atoms with van der Waals surface area (Å²) in [5.41, 5.74) is -1.28. The Bertz CT molecular complexity index is 778. The quantitative estimate of drug-likeness (QED) is 0.600. The van der Waals surface area contributed by atoms with Crippen molar-refractivity contribution in [3.63, 3.8) is 0 Å². The van der Waals surface area contributed by atoms with Crippen LogP contribution < -0.4 is 0 Å². The van der Waals surface area contributed by atoms with Crippen LogP contribution in [0.15, 0.2) is 30.0 Å². The number of hydrogen-bond donors (Lipinski definition) is 2. The number of nitro groups is 1. The van der Waals surface area contributed by atoms with E-state index in [4.69, 9.17) is 18.9 Å². The summed E-state index contributed by atoms with van der Waals surface area (Å²) in [4.78, 5) is 10.5. The third-order valence-corrected chi connectivity index (χ3v) is 4.78. The third kappa shape index (κ3) is 2.51. The first-order chi connectivity index (χ1) is 12.2. The Morgan fingerprint density at radius 3 is 2.77 bits per heavy atom. The van der Waals surface area contributed by atoms with E-state index in [0.717, 1.165) is 0 Å². The first-order valence-corrected chi connectivity index (χ1v) is 8.22. The van der Waals surface area contributed by atoms with E-state index in [-0.39, 0.29) is 18.1 Å². The largest absolute Gasteiger partial charge is 0.486 e. The molecule has 4 rings (SSSR count). The number of aliphatic hydroxyl groups is 2. The summed E-state index contributed by atoms with van der Waals surface area (Å²) in [6, 6.07) is 5.93. The van der Waals surface area contributed by atoms with Crippen molar-refractivity contribution in [3.05, 3.63) is 45.7 Å². The molecule has 1 aromatic rings. The molecule has 0 aromatic heterocycles. The zero-order valence-corrected chi connectivity index (χ0v) is 14.2. The lowest BCUT2D eigenvalue weighted by atomic mass is 9.89. The van der Waals surface area contributed by atoms with E-state index in [1.165, 1.54) is 24.3 Å². The second kappa shape index (κ2) is 5.73. The van der Waals surface area contributed by atoms with E-state index in [2.05, 4.69) is 0 Å². The fraction of sp³-hybridized carbons (Fsp3) is 0.529. The Kier molecular flexibility index (Phi) is 3.83. The molecule has 0 radical (unpaired) electrons. The van der Waals surface area contributed by atoms with Gasteiger partial charge in [-0.25, -0.2) is 0 Å². The van der Waals surface area contributed by atoms with Gasteiger partial charge >= 0.3 is 0 Å². The van der Waals surface area contributed by atoms with Crippen molar-refractivity contribution < 1.29 is 34.1 Å². The van der Waals surface area contributed by atoms with Gasteiger partial charge in [-0.2, -0.15) is 0 Å². The highest BCUT2D eigenvalue weighted by molar-refractivity contribution is 5.58. The molecule has 5 atom stereocenters. The van der Waals surface area contributed by atoms with Gasteiger partial charge in [-0.3, -0.25) is 10.1 Å². The number of aliphatic hydroxyl groups excluding tert-OH is 1. The molecule has 1 aromatic carbocycles. The van der Waals surface area contributed by atoms with Gasteiger partial charge in [0.1, 0.15) is 11.9 Å². The van der Waals surface area contributed by atoms with Gasteiger partial charge in [0.2, 0.25) is 0 Å². The topological polar surface area (TPSA) is 121 Å². The van der Waals surface area contributed by atoms with E-state index >= 15 is 0 Å². The minimum absolute atomic E-state index is 0.0817. The number of fused-ring (bicyclic) bond motifs is 3. The minimum Gasteiger partial charge on any atom is -0.486 e. The number of ether oxygens (including phenoxy) is 4. The van der Waals surface area contributed by atoms with Gasteiger partial charge in [-0.15, -0.1) is 0 Å². The van der Waals surface area contributed by atoms with Gasteiger partial charge in [-0.05, 0) is 25.5 Å². The van der Waals surface area contributed by atoms with Crippen molar-refractivity contribution in [1.29, 1.82) is 0 Å². The Morgan fingerprint density at radius 2 is 2.08 bits per heavy atom. The van der Waals surface area contributed by atoms with Gasteiger partial charge in [0.05, 0.1) is 11.5 Å². The van der Waals surface area contributed by atoms with Crippen LogP contribution in [-0.2, 0) is 18.9 Å². The van der Waals surface area contributed by atoms with E-state index in [0.29, 0.717) is 5.56 Å². The molecule has 2 N–H and O–H groups in total. The molecule has 3 aliphatic heterocycles. The third-order valence-electron chi connectivity index (χ3n) is 4.78. The Morgan fingerprint density at radius 1 is 1.31 bits per heavy atom. The normalized spacial score (nSPS) is 38.8. The van der Waals surface area contributed by atoms with Crippen molar-refractivity contribution in [3.8, 4) is 0 Å². The van der Waals surface area contributed by atoms with E-state index in [1.54, 1.807) is 19.9 Å². The van der Waals surface area contributed by atoms with Crippen LogP contribution in [0.2, 0.25) is 0 Å². The van der Waals surface area contributed by atoms with Crippen LogP contribution >= 0.6 is 0 Å². The van der Waals surface area contributed by atoms with Crippen LogP contribution in [0.5, 0.6) is 0 Å². The van der Waals surface area contributed by atoms with Crippen LogP contribution in [0, 0.1) is 10.1 Å². The molecule has 0 spiro atoms. The van der Waals surface area contributed by atoms with Crippen LogP contribution in [-0.4, -0.2) is 57.7 Å². The molecule has 3 fully saturated rings. The average Bonchev–Trinajstić information content (AvgIpc) is 3.13. The zero-order chi connectivity index (χ0) is 18.7. The second-order valence-electron chi connectivity index (χ2n) is 7.01. The number of hydrogen-bond acceptors (Lipinski definition) is 8. The Labute approximate surface area is 148 Å². The smallest absolute Gasteiger partial charge is 0.270 e. The lowest BCUT2D eigenvalue weighted by Crippen LogP contribution is -2.49. The highest BCUT2D eigenvalue weighted by atomic mass is 16.8. The molecule has 0 unspecified atom stereocenters. The molecule has 0 saturated carbocycles. The minimum atomic E-state index is -1.67. The molecular weight excluding hydrogens is 346 g/mol. The van der Waals surface area contributed by atoms with Crippen molar-refractivity contribution >= 4 is 11.8 Å². The summed E-state index contributed by atoms with van der Waals surface area (Å²) < 4.78 is 22.9. The molecule has 0 amide bonds. The number of benzene rings is 1. The van der Waals surface area contributed by atoms with Crippen molar-refractivity contribution in [2.24, 2.45) is 0 Å². The average molecular weight is 365 g/mol. The fourth-order valence-electron chi connectivity index (χ4n) is 3.67. The summed E-state index contributed by atoms with van der Waals surface area (Å²) in [7, 11) is 0. The predicted octanol–water partition coefficient (Wildman–Crippen LogP) is 0.934. The molecule has 3 saturated heterocycles. The molecule has 140 valence electrons. The number of nitrogens with zero attached hydrogens (tertiary/aromatic N) is 1. The van der Waals surface area contributed by atoms with Crippen LogP contribution in [0.4, 0.5) is 5.69 Å². The molecule has 0 bridgehead atoms. The van der Waals surface area contributed by atoms with E-state index in [9.17, 15) is 20.3 Å². The van der Waals surface area contributed by atoms with E-state index < -0.39 is 40.9 Å². The summed E-state index contributed by atoms with van der Waals surface area (Å²) >= 11 is 0. The van der Waals surface area contributed by atoms with Gasteiger partial charge in [0.25, 0.3) is 5.69 Å². The van der Waals surface area contributed by atoms with Crippen LogP contribution in [0.3, 0.4) is 0 Å². The molecule has 3 aliphatic rings. The van der Waals surface area contributed by atoms with Crippen molar-refractivity contribution in [1.82, 2.24) is 0 Å². The SMILES string of the molecule is CC1(C)O[C@H]2O[C@@H]3[C@@H](CO)O/C(=C\c4cccc([N+](=O)[O-])c4)[C@]3(O)[C@H]2O1. The van der Waals surface area contributed by atoms with Gasteiger partial charge in [0.15, 0.2) is 29.9 Å². The molecule has 9 nitrogen and oxygen atoms in total.